The molecule has 2 heterocycles. The molecule has 8 nitrogen and oxygen atoms in total. The molecule has 8 rings (SSSR count). The van der Waals surface area contributed by atoms with Crippen molar-refractivity contribution in [3.63, 3.8) is 0 Å². The van der Waals surface area contributed by atoms with Gasteiger partial charge in [-0.1, -0.05) is 36.4 Å². The number of hydrogen-bond donors (Lipinski definition) is 0. The minimum Gasteiger partial charge on any atom is -0.308 e. The summed E-state index contributed by atoms with van der Waals surface area (Å²) in [7, 11) is 0. The van der Waals surface area contributed by atoms with Crippen LogP contribution in [0.15, 0.2) is 121 Å². The van der Waals surface area contributed by atoms with Crippen LogP contribution in [0.25, 0.3) is 49.7 Å². The molecule has 0 unspecified atom stereocenters. The quantitative estimate of drug-likeness (QED) is 0.177. The molecule has 0 aliphatic carbocycles. The van der Waals surface area contributed by atoms with Gasteiger partial charge in [0.15, 0.2) is 0 Å². The van der Waals surface area contributed by atoms with Crippen molar-refractivity contribution in [2.45, 2.75) is 0 Å². The van der Waals surface area contributed by atoms with Gasteiger partial charge in [-0.15, -0.1) is 0 Å². The normalized spacial score (nSPS) is 12.0. The van der Waals surface area contributed by atoms with Crippen molar-refractivity contribution in [2.75, 3.05) is 4.90 Å². The maximum atomic E-state index is 14.1. The molecule has 0 N–H and O–H groups in total. The summed E-state index contributed by atoms with van der Waals surface area (Å²) >= 11 is 0. The summed E-state index contributed by atoms with van der Waals surface area (Å²) in [5, 5.41) is 40.2. The monoisotopic (exact) mass is 640 g/mol. The maximum Gasteiger partial charge on any atom is 0.268 e. The molecule has 0 bridgehead atoms. The topological polar surface area (TPSA) is 137 Å². The third kappa shape index (κ3) is 4.58. The predicted molar refractivity (Wildman–Crippen MR) is 188 cm³/mol. The molecule has 2 amide bonds. The van der Waals surface area contributed by atoms with E-state index in [9.17, 15) is 30.6 Å². The van der Waals surface area contributed by atoms with Crippen molar-refractivity contribution in [1.29, 1.82) is 21.0 Å². The van der Waals surface area contributed by atoms with Gasteiger partial charge in [0.25, 0.3) is 11.8 Å². The average Bonchev–Trinajstić information content (AvgIpc) is 3.63. The summed E-state index contributed by atoms with van der Waals surface area (Å²) < 4.78 is 1.97. The fourth-order valence-corrected chi connectivity index (χ4v) is 6.75. The Morgan fingerprint density at radius 3 is 1.44 bits per heavy atom. The van der Waals surface area contributed by atoms with Crippen LogP contribution in [0.1, 0.15) is 43.0 Å². The van der Waals surface area contributed by atoms with E-state index in [0.717, 1.165) is 32.9 Å². The number of aromatic nitrogens is 1. The van der Waals surface area contributed by atoms with E-state index in [1.165, 1.54) is 17.0 Å². The number of anilines is 1. The zero-order valence-electron chi connectivity index (χ0n) is 26.0. The number of para-hydroxylation sites is 1. The van der Waals surface area contributed by atoms with Crippen molar-refractivity contribution < 1.29 is 9.59 Å². The van der Waals surface area contributed by atoms with Gasteiger partial charge in [-0.3, -0.25) is 9.59 Å². The zero-order chi connectivity index (χ0) is 34.5. The number of rotatable bonds is 4. The van der Waals surface area contributed by atoms with Crippen LogP contribution in [0.3, 0.4) is 0 Å². The van der Waals surface area contributed by atoms with Gasteiger partial charge >= 0.3 is 0 Å². The first-order valence-electron chi connectivity index (χ1n) is 15.5. The third-order valence-electron chi connectivity index (χ3n) is 8.96. The number of carbonyl (C=O) groups excluding carboxylic acids is 2. The van der Waals surface area contributed by atoms with Gasteiger partial charge in [0.1, 0.15) is 0 Å². The van der Waals surface area contributed by atoms with Crippen LogP contribution < -0.4 is 4.90 Å². The number of nitriles is 4. The van der Waals surface area contributed by atoms with Gasteiger partial charge in [-0.2, -0.15) is 21.0 Å². The lowest BCUT2D eigenvalue weighted by atomic mass is 9.97. The van der Waals surface area contributed by atoms with Crippen molar-refractivity contribution in [3.05, 3.63) is 155 Å². The number of hydrogen-bond acceptors (Lipinski definition) is 6. The first kappa shape index (κ1) is 29.6. The number of fused-ring (bicyclic) bond motifs is 4. The van der Waals surface area contributed by atoms with E-state index in [0.29, 0.717) is 50.3 Å². The zero-order valence-corrected chi connectivity index (χ0v) is 26.0. The van der Waals surface area contributed by atoms with Crippen LogP contribution in [0.4, 0.5) is 5.69 Å². The molecular formula is C42H20N6O2. The largest absolute Gasteiger partial charge is 0.308 e. The van der Waals surface area contributed by atoms with E-state index in [4.69, 9.17) is 0 Å². The molecule has 8 heteroatoms. The summed E-state index contributed by atoms with van der Waals surface area (Å²) in [4.78, 5) is 29.0. The number of amides is 2. The van der Waals surface area contributed by atoms with Gasteiger partial charge in [-0.05, 0) is 107 Å². The van der Waals surface area contributed by atoms with E-state index in [-0.39, 0.29) is 5.56 Å². The lowest BCUT2D eigenvalue weighted by Gasteiger charge is -2.14. The Labute approximate surface area is 285 Å². The van der Waals surface area contributed by atoms with Gasteiger partial charge in [-0.25, -0.2) is 4.90 Å². The lowest BCUT2D eigenvalue weighted by Crippen LogP contribution is -2.29. The number of benzene rings is 6. The molecule has 6 aromatic carbocycles. The van der Waals surface area contributed by atoms with Crippen molar-refractivity contribution in [3.8, 4) is 52.2 Å². The molecule has 0 spiro atoms. The molecule has 0 saturated carbocycles. The molecule has 0 radical (unpaired) electrons. The minimum absolute atomic E-state index is 0.286. The Balaban J connectivity index is 1.41. The highest BCUT2D eigenvalue weighted by molar-refractivity contribution is 6.35. The molecule has 1 aliphatic heterocycles. The first-order chi connectivity index (χ1) is 24.4. The van der Waals surface area contributed by atoms with Crippen LogP contribution in [-0.2, 0) is 0 Å². The minimum atomic E-state index is -0.426. The third-order valence-corrected chi connectivity index (χ3v) is 8.96. The van der Waals surface area contributed by atoms with Gasteiger partial charge in [0.2, 0.25) is 0 Å². The lowest BCUT2D eigenvalue weighted by molar-refractivity contribution is 0.0926. The summed E-state index contributed by atoms with van der Waals surface area (Å²) in [6, 6.07) is 44.2. The Hall–Kier alpha value is -7.78. The fraction of sp³-hybridized carbons (Fsp3) is 0. The van der Waals surface area contributed by atoms with E-state index < -0.39 is 11.8 Å². The van der Waals surface area contributed by atoms with Crippen LogP contribution in [0, 0.1) is 45.3 Å². The molecule has 0 saturated heterocycles. The molecule has 230 valence electrons. The average molecular weight is 641 g/mol. The molecule has 1 aliphatic rings. The Morgan fingerprint density at radius 2 is 0.960 bits per heavy atom. The first-order valence-corrected chi connectivity index (χ1v) is 15.5. The van der Waals surface area contributed by atoms with Crippen LogP contribution in [0.2, 0.25) is 0 Å². The van der Waals surface area contributed by atoms with Crippen LogP contribution >= 0.6 is 0 Å². The second kappa shape index (κ2) is 11.5. The summed E-state index contributed by atoms with van der Waals surface area (Å²) in [6.45, 7) is 0. The van der Waals surface area contributed by atoms with Crippen molar-refractivity contribution >= 4 is 39.3 Å². The summed E-state index contributed by atoms with van der Waals surface area (Å²) in [5.74, 6) is -0.829. The Kier molecular flexibility index (Phi) is 6.80. The molecular weight excluding hydrogens is 621 g/mol. The summed E-state index contributed by atoms with van der Waals surface area (Å²) in [5.41, 5.74) is 7.50. The molecule has 7 aromatic rings. The molecule has 1 aromatic heterocycles. The van der Waals surface area contributed by atoms with E-state index in [1.54, 1.807) is 60.7 Å². The van der Waals surface area contributed by atoms with Crippen LogP contribution in [-0.4, -0.2) is 16.4 Å². The molecule has 0 atom stereocenters. The van der Waals surface area contributed by atoms with Crippen molar-refractivity contribution in [1.82, 2.24) is 4.57 Å². The van der Waals surface area contributed by atoms with Crippen molar-refractivity contribution in [2.24, 2.45) is 0 Å². The highest BCUT2D eigenvalue weighted by atomic mass is 16.2. The molecule has 50 heavy (non-hydrogen) atoms. The van der Waals surface area contributed by atoms with E-state index >= 15 is 0 Å². The van der Waals surface area contributed by atoms with Gasteiger partial charge in [0, 0.05) is 10.8 Å². The van der Waals surface area contributed by atoms with Crippen LogP contribution in [0.5, 0.6) is 0 Å². The van der Waals surface area contributed by atoms with E-state index in [2.05, 4.69) is 24.3 Å². The highest BCUT2D eigenvalue weighted by Crippen LogP contribution is 2.40. The predicted octanol–water partition coefficient (Wildman–Crippen LogP) is 8.41. The second-order valence-electron chi connectivity index (χ2n) is 11.8. The highest BCUT2D eigenvalue weighted by Gasteiger charge is 2.39. The summed E-state index contributed by atoms with van der Waals surface area (Å²) in [6.07, 6.45) is 0. The maximum absolute atomic E-state index is 14.1. The second-order valence-corrected chi connectivity index (χ2v) is 11.8. The van der Waals surface area contributed by atoms with Gasteiger partial charge in [0.05, 0.1) is 80.1 Å². The number of imide groups is 1. The Bertz CT molecular complexity index is 2610. The SMILES string of the molecule is N#Cc1cc(C#N)cc(-c2ccc3c(c2)c2cc(-c4cc(C#N)cc(C#N)c4)ccc2n3-c2cccc3c2C(=O)N(c2ccccc2)C3=O)c1. The number of nitrogens with zero attached hydrogens (tertiary/aromatic N) is 6. The Morgan fingerprint density at radius 1 is 0.460 bits per heavy atom. The van der Waals surface area contributed by atoms with Gasteiger partial charge < -0.3 is 4.57 Å². The standard InChI is InChI=1S/C42H20N6O2/c43-21-25-13-26(22-44)16-31(15-25)29-9-11-37-35(19-29)36-20-30(32-17-27(23-45)14-28(18-32)24-46)10-12-38(36)48(37)39-8-4-7-34-40(39)42(50)47(41(34)49)33-5-2-1-3-6-33/h1-20H. The number of carbonyl (C=O) groups is 2. The fourth-order valence-electron chi connectivity index (χ4n) is 6.75. The smallest absolute Gasteiger partial charge is 0.268 e. The van der Waals surface area contributed by atoms with E-state index in [1.807, 2.05) is 53.1 Å². The molecule has 0 fully saturated rings.